The molecule has 5 nitrogen and oxygen atoms in total. The van der Waals surface area contributed by atoms with Crippen LogP contribution in [0.15, 0.2) is 24.3 Å². The van der Waals surface area contributed by atoms with E-state index in [4.69, 9.17) is 9.84 Å². The molecule has 1 amide bonds. The Morgan fingerprint density at radius 2 is 1.80 bits per heavy atom. The van der Waals surface area contributed by atoms with Gasteiger partial charge in [-0.3, -0.25) is 4.79 Å². The van der Waals surface area contributed by atoms with Crippen LogP contribution in [-0.2, 0) is 15.0 Å². The average Bonchev–Trinajstić information content (AvgIpc) is 2.33. The zero-order chi connectivity index (χ0) is 15.3. The summed E-state index contributed by atoms with van der Waals surface area (Å²) in [5.41, 5.74) is 1.22. The topological polar surface area (TPSA) is 75.6 Å². The summed E-state index contributed by atoms with van der Waals surface area (Å²) in [6.07, 6.45) is 0. The number of carboxylic acid groups (broad SMARTS) is 1. The number of ether oxygens (including phenoxy) is 1. The summed E-state index contributed by atoms with van der Waals surface area (Å²) >= 11 is 0. The number of aliphatic carboxylic acids is 1. The van der Waals surface area contributed by atoms with Crippen molar-refractivity contribution < 1.29 is 19.4 Å². The number of hydrogen-bond acceptors (Lipinski definition) is 3. The summed E-state index contributed by atoms with van der Waals surface area (Å²) in [7, 11) is 0. The number of benzene rings is 1. The number of carboxylic acids is 1. The minimum absolute atomic E-state index is 0.0539. The van der Waals surface area contributed by atoms with Crippen molar-refractivity contribution >= 4 is 11.9 Å². The number of carbonyl (C=O) groups is 2. The molecule has 20 heavy (non-hydrogen) atoms. The third-order valence-corrected chi connectivity index (χ3v) is 2.81. The van der Waals surface area contributed by atoms with Gasteiger partial charge in [-0.15, -0.1) is 0 Å². The molecule has 0 saturated heterocycles. The second kappa shape index (κ2) is 6.41. The van der Waals surface area contributed by atoms with Crippen molar-refractivity contribution in [3.8, 4) is 5.75 Å². The van der Waals surface area contributed by atoms with Crippen LogP contribution >= 0.6 is 0 Å². The van der Waals surface area contributed by atoms with E-state index in [0.29, 0.717) is 5.75 Å². The van der Waals surface area contributed by atoms with Crippen molar-refractivity contribution in [2.75, 3.05) is 6.61 Å². The molecule has 0 aliphatic carbocycles. The van der Waals surface area contributed by atoms with Crippen LogP contribution in [0.5, 0.6) is 5.75 Å². The maximum atomic E-state index is 10.9. The Labute approximate surface area is 118 Å². The Morgan fingerprint density at radius 1 is 1.25 bits per heavy atom. The number of amides is 1. The van der Waals surface area contributed by atoms with Crippen LogP contribution in [0.2, 0.25) is 0 Å². The van der Waals surface area contributed by atoms with Crippen molar-refractivity contribution in [2.45, 2.75) is 39.2 Å². The third-order valence-electron chi connectivity index (χ3n) is 2.81. The molecule has 0 spiro atoms. The summed E-state index contributed by atoms with van der Waals surface area (Å²) < 4.78 is 5.40. The molecule has 0 aliphatic heterocycles. The maximum absolute atomic E-state index is 10.9. The molecular formula is C15H21NO4. The molecule has 0 radical (unpaired) electrons. The molecule has 0 fully saturated rings. The van der Waals surface area contributed by atoms with Crippen LogP contribution in [-0.4, -0.2) is 29.6 Å². The minimum Gasteiger partial charge on any atom is -0.491 e. The highest BCUT2D eigenvalue weighted by Crippen LogP contribution is 2.24. The van der Waals surface area contributed by atoms with Crippen molar-refractivity contribution in [3.63, 3.8) is 0 Å². The SMILES string of the molecule is CC(=O)NC(COc1ccc(C(C)(C)C)cc1)C(=O)O. The van der Waals surface area contributed by atoms with Gasteiger partial charge < -0.3 is 15.2 Å². The van der Waals surface area contributed by atoms with Crippen LogP contribution in [0.3, 0.4) is 0 Å². The second-order valence-electron chi connectivity index (χ2n) is 5.68. The van der Waals surface area contributed by atoms with Crippen LogP contribution in [0.4, 0.5) is 0 Å². The first-order chi connectivity index (χ1) is 9.20. The van der Waals surface area contributed by atoms with E-state index in [9.17, 15) is 9.59 Å². The van der Waals surface area contributed by atoms with E-state index in [1.165, 1.54) is 12.5 Å². The van der Waals surface area contributed by atoms with Gasteiger partial charge in [0, 0.05) is 6.92 Å². The fourth-order valence-electron chi connectivity index (χ4n) is 1.65. The maximum Gasteiger partial charge on any atom is 0.329 e. The smallest absolute Gasteiger partial charge is 0.329 e. The Balaban J connectivity index is 2.64. The predicted octanol–water partition coefficient (Wildman–Crippen LogP) is 1.95. The normalized spacial score (nSPS) is 12.6. The Kier molecular flexibility index (Phi) is 5.13. The standard InChI is InChI=1S/C15H21NO4/c1-10(17)16-13(14(18)19)9-20-12-7-5-11(6-8-12)15(2,3)4/h5-8,13H,9H2,1-4H3,(H,16,17)(H,18,19). The van der Waals surface area contributed by atoms with Gasteiger partial charge in [0.2, 0.25) is 5.91 Å². The van der Waals surface area contributed by atoms with Gasteiger partial charge in [-0.1, -0.05) is 32.9 Å². The molecule has 0 heterocycles. The summed E-state index contributed by atoms with van der Waals surface area (Å²) in [6, 6.07) is 6.45. The summed E-state index contributed by atoms with van der Waals surface area (Å²) in [5, 5.41) is 11.3. The molecular weight excluding hydrogens is 258 g/mol. The first kappa shape index (κ1) is 16.0. The zero-order valence-corrected chi connectivity index (χ0v) is 12.3. The lowest BCUT2D eigenvalue weighted by molar-refractivity contribution is -0.142. The van der Waals surface area contributed by atoms with Gasteiger partial charge in [-0.25, -0.2) is 4.79 Å². The van der Waals surface area contributed by atoms with E-state index in [2.05, 4.69) is 26.1 Å². The molecule has 0 aromatic heterocycles. The van der Waals surface area contributed by atoms with Gasteiger partial charge in [0.15, 0.2) is 6.04 Å². The Bertz CT molecular complexity index is 474. The molecule has 1 aromatic rings. The number of nitrogens with one attached hydrogen (secondary N) is 1. The number of hydrogen-bond donors (Lipinski definition) is 2. The average molecular weight is 279 g/mol. The summed E-state index contributed by atoms with van der Waals surface area (Å²) in [4.78, 5) is 21.8. The fraction of sp³-hybridized carbons (Fsp3) is 0.467. The lowest BCUT2D eigenvalue weighted by Crippen LogP contribution is -2.43. The molecule has 2 N–H and O–H groups in total. The molecule has 1 aromatic carbocycles. The molecule has 1 rings (SSSR count). The van der Waals surface area contributed by atoms with Gasteiger partial charge >= 0.3 is 5.97 Å². The zero-order valence-electron chi connectivity index (χ0n) is 12.3. The molecule has 0 saturated carbocycles. The van der Waals surface area contributed by atoms with Crippen LogP contribution in [0.25, 0.3) is 0 Å². The second-order valence-corrected chi connectivity index (χ2v) is 5.68. The number of carbonyl (C=O) groups excluding carboxylic acids is 1. The van der Waals surface area contributed by atoms with Gasteiger partial charge in [0.05, 0.1) is 0 Å². The van der Waals surface area contributed by atoms with Gasteiger partial charge in [0.1, 0.15) is 12.4 Å². The van der Waals surface area contributed by atoms with Crippen LogP contribution in [0.1, 0.15) is 33.3 Å². The summed E-state index contributed by atoms with van der Waals surface area (Å²) in [6.45, 7) is 7.50. The molecule has 0 aliphatic rings. The predicted molar refractivity (Wildman–Crippen MR) is 75.9 cm³/mol. The first-order valence-electron chi connectivity index (χ1n) is 6.43. The van der Waals surface area contributed by atoms with E-state index in [0.717, 1.165) is 0 Å². The number of rotatable bonds is 5. The fourth-order valence-corrected chi connectivity index (χ4v) is 1.65. The Morgan fingerprint density at radius 3 is 2.20 bits per heavy atom. The van der Waals surface area contributed by atoms with Crippen molar-refractivity contribution in [2.24, 2.45) is 0 Å². The quantitative estimate of drug-likeness (QED) is 0.864. The molecule has 110 valence electrons. The molecule has 1 atom stereocenters. The highest BCUT2D eigenvalue weighted by Gasteiger charge is 2.19. The van der Waals surface area contributed by atoms with Gasteiger partial charge in [0.25, 0.3) is 0 Å². The van der Waals surface area contributed by atoms with Crippen molar-refractivity contribution in [3.05, 3.63) is 29.8 Å². The lowest BCUT2D eigenvalue weighted by atomic mass is 9.87. The van der Waals surface area contributed by atoms with E-state index in [-0.39, 0.29) is 12.0 Å². The van der Waals surface area contributed by atoms with E-state index < -0.39 is 17.9 Å². The minimum atomic E-state index is -1.12. The monoisotopic (exact) mass is 279 g/mol. The molecule has 5 heteroatoms. The summed E-state index contributed by atoms with van der Waals surface area (Å²) in [5.74, 6) is -0.940. The highest BCUT2D eigenvalue weighted by molar-refractivity contribution is 5.82. The first-order valence-corrected chi connectivity index (χ1v) is 6.43. The van der Waals surface area contributed by atoms with Crippen molar-refractivity contribution in [1.82, 2.24) is 5.32 Å². The third kappa shape index (κ3) is 4.91. The Hall–Kier alpha value is -2.04. The van der Waals surface area contributed by atoms with Crippen molar-refractivity contribution in [1.29, 1.82) is 0 Å². The van der Waals surface area contributed by atoms with E-state index >= 15 is 0 Å². The lowest BCUT2D eigenvalue weighted by Gasteiger charge is -2.19. The largest absolute Gasteiger partial charge is 0.491 e. The van der Waals surface area contributed by atoms with Crippen LogP contribution < -0.4 is 10.1 Å². The molecule has 1 unspecified atom stereocenters. The van der Waals surface area contributed by atoms with Crippen LogP contribution in [0, 0.1) is 0 Å². The van der Waals surface area contributed by atoms with E-state index in [1.807, 2.05) is 12.1 Å². The van der Waals surface area contributed by atoms with Gasteiger partial charge in [-0.05, 0) is 23.1 Å². The highest BCUT2D eigenvalue weighted by atomic mass is 16.5. The van der Waals surface area contributed by atoms with Gasteiger partial charge in [-0.2, -0.15) is 0 Å². The van der Waals surface area contributed by atoms with E-state index in [1.54, 1.807) is 12.1 Å². The molecule has 0 bridgehead atoms.